The summed E-state index contributed by atoms with van der Waals surface area (Å²) < 4.78 is 9.65. The molecule has 28 heavy (non-hydrogen) atoms. The Bertz CT molecular complexity index is 790. The predicted molar refractivity (Wildman–Crippen MR) is 104 cm³/mol. The Kier molecular flexibility index (Phi) is 8.02. The summed E-state index contributed by atoms with van der Waals surface area (Å²) in [5, 5.41) is 5.43. The largest absolute Gasteiger partial charge is 0.497 e. The molecule has 0 unspecified atom stereocenters. The first kappa shape index (κ1) is 21.0. The van der Waals surface area contributed by atoms with Gasteiger partial charge >= 0.3 is 5.97 Å². The van der Waals surface area contributed by atoms with Crippen LogP contribution in [-0.4, -0.2) is 44.6 Å². The van der Waals surface area contributed by atoms with Gasteiger partial charge in [0.1, 0.15) is 11.8 Å². The van der Waals surface area contributed by atoms with Gasteiger partial charge in [-0.2, -0.15) is 0 Å². The molecule has 2 aromatic carbocycles. The maximum absolute atomic E-state index is 12.6. The molecule has 0 aliphatic carbocycles. The summed E-state index contributed by atoms with van der Waals surface area (Å²) in [5.74, 6) is -0.513. The van der Waals surface area contributed by atoms with Crippen LogP contribution in [-0.2, 0) is 20.7 Å². The van der Waals surface area contributed by atoms with E-state index in [2.05, 4.69) is 15.4 Å². The minimum Gasteiger partial charge on any atom is -0.497 e. The second-order valence-corrected chi connectivity index (χ2v) is 6.06. The van der Waals surface area contributed by atoms with Crippen LogP contribution in [0, 0.1) is 0 Å². The molecule has 2 rings (SSSR count). The summed E-state index contributed by atoms with van der Waals surface area (Å²) >= 11 is 0. The SMILES string of the molecule is COC(=O)CCNC(=O)[C@H](Cc1ccccc1)NC(=O)c1ccc(OC)cc1. The van der Waals surface area contributed by atoms with Crippen molar-refractivity contribution in [3.63, 3.8) is 0 Å². The lowest BCUT2D eigenvalue weighted by molar-refractivity contribution is -0.140. The fourth-order valence-electron chi connectivity index (χ4n) is 2.56. The average Bonchev–Trinajstić information content (AvgIpc) is 2.73. The van der Waals surface area contributed by atoms with Gasteiger partial charge in [-0.15, -0.1) is 0 Å². The van der Waals surface area contributed by atoms with Crippen LogP contribution in [0.15, 0.2) is 54.6 Å². The van der Waals surface area contributed by atoms with E-state index >= 15 is 0 Å². The van der Waals surface area contributed by atoms with Crippen LogP contribution in [0.25, 0.3) is 0 Å². The molecule has 0 aliphatic heterocycles. The number of esters is 1. The third kappa shape index (κ3) is 6.42. The maximum Gasteiger partial charge on any atom is 0.307 e. The first-order chi connectivity index (χ1) is 13.5. The fraction of sp³-hybridized carbons (Fsp3) is 0.286. The van der Waals surface area contributed by atoms with Crippen LogP contribution in [0.5, 0.6) is 5.75 Å². The predicted octanol–water partition coefficient (Wildman–Crippen LogP) is 1.72. The molecule has 2 amide bonds. The Morgan fingerprint density at radius 2 is 1.64 bits per heavy atom. The minimum absolute atomic E-state index is 0.0622. The Balaban J connectivity index is 2.06. The number of nitrogens with one attached hydrogen (secondary N) is 2. The van der Waals surface area contributed by atoms with Crippen molar-refractivity contribution in [1.29, 1.82) is 0 Å². The van der Waals surface area contributed by atoms with Gasteiger partial charge in [0.25, 0.3) is 5.91 Å². The van der Waals surface area contributed by atoms with Crippen molar-refractivity contribution in [3.05, 3.63) is 65.7 Å². The molecular formula is C21H24N2O5. The Hall–Kier alpha value is -3.35. The molecule has 0 saturated heterocycles. The smallest absolute Gasteiger partial charge is 0.307 e. The highest BCUT2D eigenvalue weighted by Crippen LogP contribution is 2.12. The number of carbonyl (C=O) groups is 3. The molecule has 0 saturated carbocycles. The summed E-state index contributed by atoms with van der Waals surface area (Å²) in [6, 6.07) is 15.2. The molecule has 2 aromatic rings. The highest BCUT2D eigenvalue weighted by atomic mass is 16.5. The Morgan fingerprint density at radius 1 is 0.964 bits per heavy atom. The lowest BCUT2D eigenvalue weighted by Crippen LogP contribution is -2.48. The van der Waals surface area contributed by atoms with E-state index in [1.165, 1.54) is 7.11 Å². The number of hydrogen-bond acceptors (Lipinski definition) is 5. The molecule has 0 aliphatic rings. The molecule has 0 aromatic heterocycles. The van der Waals surface area contributed by atoms with Crippen LogP contribution in [0.2, 0.25) is 0 Å². The number of ether oxygens (including phenoxy) is 2. The zero-order chi connectivity index (χ0) is 20.4. The maximum atomic E-state index is 12.6. The van der Waals surface area contributed by atoms with Gasteiger partial charge in [0.15, 0.2) is 0 Å². The molecular weight excluding hydrogens is 360 g/mol. The van der Waals surface area contributed by atoms with E-state index in [9.17, 15) is 14.4 Å². The summed E-state index contributed by atoms with van der Waals surface area (Å²) in [4.78, 5) is 36.4. The highest BCUT2D eigenvalue weighted by molar-refractivity contribution is 5.97. The Morgan fingerprint density at radius 3 is 2.25 bits per heavy atom. The number of methoxy groups -OCH3 is 2. The molecule has 7 nitrogen and oxygen atoms in total. The van der Waals surface area contributed by atoms with E-state index in [1.807, 2.05) is 30.3 Å². The third-order valence-corrected chi connectivity index (χ3v) is 4.11. The zero-order valence-corrected chi connectivity index (χ0v) is 15.9. The number of benzene rings is 2. The van der Waals surface area contributed by atoms with Crippen molar-refractivity contribution in [3.8, 4) is 5.75 Å². The van der Waals surface area contributed by atoms with E-state index < -0.39 is 12.0 Å². The molecule has 0 fully saturated rings. The highest BCUT2D eigenvalue weighted by Gasteiger charge is 2.22. The molecule has 0 spiro atoms. The third-order valence-electron chi connectivity index (χ3n) is 4.11. The molecule has 148 valence electrons. The standard InChI is InChI=1S/C21H24N2O5/c1-27-17-10-8-16(9-11-17)20(25)23-18(14-15-6-4-3-5-7-15)21(26)22-13-12-19(24)28-2/h3-11,18H,12-14H2,1-2H3,(H,22,26)(H,23,25)/t18-/m0/s1. The summed E-state index contributed by atoms with van der Waals surface area (Å²) in [6.45, 7) is 0.134. The average molecular weight is 384 g/mol. The first-order valence-corrected chi connectivity index (χ1v) is 8.87. The zero-order valence-electron chi connectivity index (χ0n) is 15.9. The van der Waals surface area contributed by atoms with Crippen LogP contribution in [0.4, 0.5) is 0 Å². The van der Waals surface area contributed by atoms with Crippen molar-refractivity contribution < 1.29 is 23.9 Å². The monoisotopic (exact) mass is 384 g/mol. The van der Waals surface area contributed by atoms with E-state index in [-0.39, 0.29) is 24.8 Å². The van der Waals surface area contributed by atoms with Gasteiger partial charge in [-0.05, 0) is 29.8 Å². The second-order valence-electron chi connectivity index (χ2n) is 6.06. The lowest BCUT2D eigenvalue weighted by Gasteiger charge is -2.19. The molecule has 1 atom stereocenters. The normalized spacial score (nSPS) is 11.2. The van der Waals surface area contributed by atoms with Gasteiger partial charge in [-0.1, -0.05) is 30.3 Å². The molecule has 0 bridgehead atoms. The summed E-state index contributed by atoms with van der Waals surface area (Å²) in [6.07, 6.45) is 0.388. The number of rotatable bonds is 9. The van der Waals surface area contributed by atoms with Gasteiger partial charge in [0.2, 0.25) is 5.91 Å². The number of amides is 2. The van der Waals surface area contributed by atoms with Crippen LogP contribution >= 0.6 is 0 Å². The van der Waals surface area contributed by atoms with Crippen molar-refractivity contribution in [2.75, 3.05) is 20.8 Å². The van der Waals surface area contributed by atoms with Crippen molar-refractivity contribution in [2.45, 2.75) is 18.9 Å². The van der Waals surface area contributed by atoms with Gasteiger partial charge in [-0.3, -0.25) is 14.4 Å². The molecule has 0 heterocycles. The van der Waals surface area contributed by atoms with Gasteiger partial charge in [0.05, 0.1) is 20.6 Å². The summed E-state index contributed by atoms with van der Waals surface area (Å²) in [5.41, 5.74) is 1.33. The van der Waals surface area contributed by atoms with Crippen molar-refractivity contribution >= 4 is 17.8 Å². The Labute approximate surface area is 164 Å². The van der Waals surface area contributed by atoms with Gasteiger partial charge in [0, 0.05) is 18.5 Å². The van der Waals surface area contributed by atoms with E-state index in [4.69, 9.17) is 4.74 Å². The first-order valence-electron chi connectivity index (χ1n) is 8.87. The van der Waals surface area contributed by atoms with Gasteiger partial charge in [-0.25, -0.2) is 0 Å². The fourth-order valence-corrected chi connectivity index (χ4v) is 2.56. The lowest BCUT2D eigenvalue weighted by atomic mass is 10.0. The van der Waals surface area contributed by atoms with E-state index in [0.717, 1.165) is 5.56 Å². The van der Waals surface area contributed by atoms with Crippen LogP contribution in [0.1, 0.15) is 22.3 Å². The molecule has 2 N–H and O–H groups in total. The van der Waals surface area contributed by atoms with Crippen LogP contribution < -0.4 is 15.4 Å². The summed E-state index contributed by atoms with van der Waals surface area (Å²) in [7, 11) is 2.83. The van der Waals surface area contributed by atoms with E-state index in [0.29, 0.717) is 17.7 Å². The van der Waals surface area contributed by atoms with Crippen molar-refractivity contribution in [1.82, 2.24) is 10.6 Å². The second kappa shape index (κ2) is 10.7. The quantitative estimate of drug-likeness (QED) is 0.642. The van der Waals surface area contributed by atoms with E-state index in [1.54, 1.807) is 31.4 Å². The molecule has 7 heteroatoms. The van der Waals surface area contributed by atoms with Crippen molar-refractivity contribution in [2.24, 2.45) is 0 Å². The number of hydrogen-bond donors (Lipinski definition) is 2. The van der Waals surface area contributed by atoms with Crippen LogP contribution in [0.3, 0.4) is 0 Å². The molecule has 0 radical (unpaired) electrons. The number of carbonyl (C=O) groups excluding carboxylic acids is 3. The van der Waals surface area contributed by atoms with Gasteiger partial charge < -0.3 is 20.1 Å². The topological polar surface area (TPSA) is 93.7 Å². The minimum atomic E-state index is -0.783.